The molecule has 1 heterocycles. The van der Waals surface area contributed by atoms with Crippen molar-refractivity contribution < 1.29 is 9.15 Å². The number of hydrogen-bond donors (Lipinski definition) is 2. The van der Waals surface area contributed by atoms with E-state index in [0.29, 0.717) is 6.10 Å². The standard InChI is InChI=1S/C15H18N2O2/c1-10-14(7-8-18-10)15(17-16)11-3-2-4-13(9-11)19-12-5-6-12/h2-4,7-9,12,15,17H,5-6,16H2,1H3. The van der Waals surface area contributed by atoms with Gasteiger partial charge in [0.1, 0.15) is 11.5 Å². The molecule has 3 rings (SSSR count). The second kappa shape index (κ2) is 5.07. The molecular formula is C15H18N2O2. The summed E-state index contributed by atoms with van der Waals surface area (Å²) in [5.74, 6) is 7.47. The van der Waals surface area contributed by atoms with Gasteiger partial charge in [0.05, 0.1) is 18.4 Å². The van der Waals surface area contributed by atoms with Crippen LogP contribution in [-0.4, -0.2) is 6.10 Å². The molecule has 1 aromatic carbocycles. The highest BCUT2D eigenvalue weighted by Crippen LogP contribution is 2.30. The fourth-order valence-electron chi connectivity index (χ4n) is 2.21. The van der Waals surface area contributed by atoms with Crippen LogP contribution < -0.4 is 16.0 Å². The predicted octanol–water partition coefficient (Wildman–Crippen LogP) is 2.68. The molecule has 0 radical (unpaired) electrons. The Morgan fingerprint density at radius 1 is 1.37 bits per heavy atom. The Bertz CT molecular complexity index is 561. The lowest BCUT2D eigenvalue weighted by Gasteiger charge is -2.17. The summed E-state index contributed by atoms with van der Waals surface area (Å²) in [6, 6.07) is 9.91. The zero-order chi connectivity index (χ0) is 13.2. The zero-order valence-electron chi connectivity index (χ0n) is 10.9. The monoisotopic (exact) mass is 258 g/mol. The third-order valence-electron chi connectivity index (χ3n) is 3.40. The maximum atomic E-state index is 5.82. The van der Waals surface area contributed by atoms with Gasteiger partial charge in [-0.15, -0.1) is 0 Å². The molecule has 1 aliphatic rings. The van der Waals surface area contributed by atoms with Crippen molar-refractivity contribution >= 4 is 0 Å². The Labute approximate surface area is 112 Å². The lowest BCUT2D eigenvalue weighted by atomic mass is 10.00. The van der Waals surface area contributed by atoms with E-state index in [4.69, 9.17) is 15.0 Å². The maximum Gasteiger partial charge on any atom is 0.120 e. The summed E-state index contributed by atoms with van der Waals surface area (Å²) in [5, 5.41) is 0. The van der Waals surface area contributed by atoms with Crippen molar-refractivity contribution in [3.8, 4) is 5.75 Å². The number of ether oxygens (including phenoxy) is 1. The van der Waals surface area contributed by atoms with Crippen LogP contribution in [0, 0.1) is 6.92 Å². The molecule has 2 aromatic rings. The SMILES string of the molecule is Cc1occc1C(NN)c1cccc(OC2CC2)c1. The van der Waals surface area contributed by atoms with Crippen LogP contribution >= 0.6 is 0 Å². The van der Waals surface area contributed by atoms with Gasteiger partial charge >= 0.3 is 0 Å². The number of furan rings is 1. The summed E-state index contributed by atoms with van der Waals surface area (Å²) in [6.07, 6.45) is 4.39. The fourth-order valence-corrected chi connectivity index (χ4v) is 2.21. The fraction of sp³-hybridized carbons (Fsp3) is 0.333. The third kappa shape index (κ3) is 2.64. The van der Waals surface area contributed by atoms with Gasteiger partial charge in [-0.1, -0.05) is 12.1 Å². The van der Waals surface area contributed by atoms with E-state index in [1.54, 1.807) is 6.26 Å². The number of rotatable bonds is 5. The quantitative estimate of drug-likeness (QED) is 0.639. The molecule has 1 fully saturated rings. The molecule has 0 spiro atoms. The molecule has 0 amide bonds. The first-order chi connectivity index (χ1) is 9.28. The van der Waals surface area contributed by atoms with E-state index in [9.17, 15) is 0 Å². The van der Waals surface area contributed by atoms with Gasteiger partial charge in [-0.3, -0.25) is 5.84 Å². The van der Waals surface area contributed by atoms with Crippen molar-refractivity contribution in [2.45, 2.75) is 31.9 Å². The minimum atomic E-state index is -0.0819. The lowest BCUT2D eigenvalue weighted by Crippen LogP contribution is -2.29. The van der Waals surface area contributed by atoms with Crippen LogP contribution in [0.3, 0.4) is 0 Å². The van der Waals surface area contributed by atoms with Crippen LogP contribution in [-0.2, 0) is 0 Å². The highest BCUT2D eigenvalue weighted by atomic mass is 16.5. The van der Waals surface area contributed by atoms with Gasteiger partial charge in [0.25, 0.3) is 0 Å². The molecule has 1 atom stereocenters. The molecule has 3 N–H and O–H groups in total. The van der Waals surface area contributed by atoms with Crippen molar-refractivity contribution in [3.05, 3.63) is 53.5 Å². The van der Waals surface area contributed by atoms with E-state index in [1.807, 2.05) is 37.3 Å². The smallest absolute Gasteiger partial charge is 0.120 e. The van der Waals surface area contributed by atoms with Crippen molar-refractivity contribution in [1.82, 2.24) is 5.43 Å². The lowest BCUT2D eigenvalue weighted by molar-refractivity contribution is 0.302. The summed E-state index contributed by atoms with van der Waals surface area (Å²) in [5.41, 5.74) is 4.96. The largest absolute Gasteiger partial charge is 0.490 e. The van der Waals surface area contributed by atoms with Gasteiger partial charge in [0.2, 0.25) is 0 Å². The van der Waals surface area contributed by atoms with E-state index in [1.165, 1.54) is 0 Å². The van der Waals surface area contributed by atoms with Gasteiger partial charge in [0, 0.05) is 5.56 Å². The molecule has 19 heavy (non-hydrogen) atoms. The average Bonchev–Trinajstić information content (AvgIpc) is 3.13. The molecule has 1 aromatic heterocycles. The summed E-state index contributed by atoms with van der Waals surface area (Å²) < 4.78 is 11.2. The van der Waals surface area contributed by atoms with Gasteiger partial charge in [-0.05, 0) is 43.5 Å². The Hall–Kier alpha value is -1.78. The molecule has 1 aliphatic carbocycles. The van der Waals surface area contributed by atoms with Gasteiger partial charge < -0.3 is 9.15 Å². The van der Waals surface area contributed by atoms with Gasteiger partial charge in [0.15, 0.2) is 0 Å². The molecule has 0 aliphatic heterocycles. The topological polar surface area (TPSA) is 60.4 Å². The number of hydrazine groups is 1. The first-order valence-electron chi connectivity index (χ1n) is 6.54. The molecule has 4 nitrogen and oxygen atoms in total. The normalized spacial score (nSPS) is 16.3. The van der Waals surface area contributed by atoms with E-state index in [-0.39, 0.29) is 6.04 Å². The van der Waals surface area contributed by atoms with Crippen LogP contribution in [0.5, 0.6) is 5.75 Å². The van der Waals surface area contributed by atoms with Crippen LogP contribution in [0.15, 0.2) is 41.0 Å². The van der Waals surface area contributed by atoms with Crippen LogP contribution in [0.25, 0.3) is 0 Å². The summed E-state index contributed by atoms with van der Waals surface area (Å²) in [4.78, 5) is 0. The Balaban J connectivity index is 1.88. The molecule has 1 unspecified atom stereocenters. The number of hydrogen-bond acceptors (Lipinski definition) is 4. The van der Waals surface area contributed by atoms with Crippen molar-refractivity contribution in [3.63, 3.8) is 0 Å². The van der Waals surface area contributed by atoms with Crippen LogP contribution in [0.1, 0.15) is 35.8 Å². The Kier molecular flexibility index (Phi) is 3.27. The molecule has 1 saturated carbocycles. The van der Waals surface area contributed by atoms with E-state index >= 15 is 0 Å². The minimum Gasteiger partial charge on any atom is -0.490 e. The molecule has 0 saturated heterocycles. The van der Waals surface area contributed by atoms with E-state index < -0.39 is 0 Å². The average molecular weight is 258 g/mol. The molecule has 0 bridgehead atoms. The number of nitrogens with two attached hydrogens (primary N) is 1. The van der Waals surface area contributed by atoms with E-state index in [0.717, 1.165) is 35.5 Å². The molecule has 4 heteroatoms. The maximum absolute atomic E-state index is 5.82. The van der Waals surface area contributed by atoms with Gasteiger partial charge in [-0.25, -0.2) is 5.43 Å². The van der Waals surface area contributed by atoms with Crippen molar-refractivity contribution in [2.75, 3.05) is 0 Å². The van der Waals surface area contributed by atoms with E-state index in [2.05, 4.69) is 5.43 Å². The number of nitrogens with one attached hydrogen (secondary N) is 1. The van der Waals surface area contributed by atoms with Crippen molar-refractivity contribution in [2.24, 2.45) is 5.84 Å². The number of benzene rings is 1. The molecule has 100 valence electrons. The second-order valence-corrected chi connectivity index (χ2v) is 4.92. The minimum absolute atomic E-state index is 0.0819. The molecular weight excluding hydrogens is 240 g/mol. The highest BCUT2D eigenvalue weighted by Gasteiger charge is 2.24. The van der Waals surface area contributed by atoms with Crippen molar-refractivity contribution in [1.29, 1.82) is 0 Å². The first kappa shape index (κ1) is 12.3. The second-order valence-electron chi connectivity index (χ2n) is 4.92. The summed E-state index contributed by atoms with van der Waals surface area (Å²) in [6.45, 7) is 1.93. The van der Waals surface area contributed by atoms with Crippen LogP contribution in [0.4, 0.5) is 0 Å². The zero-order valence-corrected chi connectivity index (χ0v) is 10.9. The predicted molar refractivity (Wildman–Crippen MR) is 72.7 cm³/mol. The summed E-state index contributed by atoms with van der Waals surface area (Å²) in [7, 11) is 0. The highest BCUT2D eigenvalue weighted by molar-refractivity contribution is 5.37. The van der Waals surface area contributed by atoms with Gasteiger partial charge in [-0.2, -0.15) is 0 Å². The first-order valence-corrected chi connectivity index (χ1v) is 6.54. The summed E-state index contributed by atoms with van der Waals surface area (Å²) >= 11 is 0. The number of aryl methyl sites for hydroxylation is 1. The Morgan fingerprint density at radius 2 is 2.21 bits per heavy atom. The van der Waals surface area contributed by atoms with Crippen LogP contribution in [0.2, 0.25) is 0 Å². The third-order valence-corrected chi connectivity index (χ3v) is 3.40. The Morgan fingerprint density at radius 3 is 2.84 bits per heavy atom.